The molecule has 0 saturated heterocycles. The molecule has 0 bridgehead atoms. The zero-order chi connectivity index (χ0) is 3.58. The first kappa shape index (κ1) is 8.96. The third-order valence-electron chi connectivity index (χ3n) is 0. The Bertz CT molecular complexity index is 14.4. The smallest absolute Gasteiger partial charge is 0.0660 e. The number of hydrogen-bond donors (Lipinski definition) is 1. The first-order chi connectivity index (χ1) is 1.73. The van der Waals surface area contributed by atoms with Crippen molar-refractivity contribution in [2.45, 2.75) is 0 Å². The highest BCUT2D eigenvalue weighted by Crippen LogP contribution is 0.931. The van der Waals surface area contributed by atoms with E-state index in [9.17, 15) is 5.21 Å². The van der Waals surface area contributed by atoms with Gasteiger partial charge in [-0.1, -0.05) is 0 Å². The van der Waals surface area contributed by atoms with E-state index in [0.717, 1.165) is 0 Å². The summed E-state index contributed by atoms with van der Waals surface area (Å²) in [5.74, 6) is 0. The summed E-state index contributed by atoms with van der Waals surface area (Å²) >= 11 is 0. The van der Waals surface area contributed by atoms with Crippen molar-refractivity contribution in [2.75, 3.05) is 14.1 Å². The SMILES string of the molecule is C[NH+](C)[O-].[Cl-]. The Kier molecular flexibility index (Phi) is 7.55. The largest absolute Gasteiger partial charge is 1.00 e. The van der Waals surface area contributed by atoms with Crippen LogP contribution in [0.4, 0.5) is 0 Å². The topological polar surface area (TPSA) is 27.5 Å². The van der Waals surface area contributed by atoms with E-state index in [2.05, 4.69) is 0 Å². The molecule has 0 aromatic carbocycles. The molecule has 1 N–H and O–H groups in total. The van der Waals surface area contributed by atoms with Gasteiger partial charge in [-0.2, -0.15) is 0 Å². The average molecular weight is 96.5 g/mol. The van der Waals surface area contributed by atoms with Crippen LogP contribution in [0.15, 0.2) is 0 Å². The van der Waals surface area contributed by atoms with Gasteiger partial charge < -0.3 is 22.7 Å². The van der Waals surface area contributed by atoms with Crippen molar-refractivity contribution in [3.8, 4) is 0 Å². The van der Waals surface area contributed by atoms with E-state index in [4.69, 9.17) is 0 Å². The van der Waals surface area contributed by atoms with E-state index in [1.165, 1.54) is 14.1 Å². The summed E-state index contributed by atoms with van der Waals surface area (Å²) in [6.45, 7) is 0. The second-order valence-electron chi connectivity index (χ2n) is 0.908. The second kappa shape index (κ2) is 4.21. The van der Waals surface area contributed by atoms with Gasteiger partial charge in [0.25, 0.3) is 0 Å². The Balaban J connectivity index is 0. The van der Waals surface area contributed by atoms with Crippen molar-refractivity contribution < 1.29 is 17.5 Å². The lowest BCUT2D eigenvalue weighted by Gasteiger charge is -2.04. The third kappa shape index (κ3) is 466. The molecule has 0 aliphatic carbocycles. The molecule has 0 aliphatic rings. The molecular weight excluding hydrogens is 89.5 g/mol. The molecule has 0 aliphatic heterocycles. The summed E-state index contributed by atoms with van der Waals surface area (Å²) in [7, 11) is 3.06. The van der Waals surface area contributed by atoms with Crippen molar-refractivity contribution in [2.24, 2.45) is 0 Å². The lowest BCUT2D eigenvalue weighted by molar-refractivity contribution is -0.802. The van der Waals surface area contributed by atoms with Crippen molar-refractivity contribution in [3.63, 3.8) is 0 Å². The van der Waals surface area contributed by atoms with Crippen LogP contribution in [-0.4, -0.2) is 14.1 Å². The second-order valence-corrected chi connectivity index (χ2v) is 0.908. The Morgan fingerprint density at radius 2 is 1.40 bits per heavy atom. The fourth-order valence-electron chi connectivity index (χ4n) is 0. The van der Waals surface area contributed by atoms with E-state index in [-0.39, 0.29) is 17.5 Å². The molecule has 0 heterocycles. The zero-order valence-electron chi connectivity index (χ0n) is 3.29. The number of hydroxylamine groups is 2. The molecule has 5 heavy (non-hydrogen) atoms. The summed E-state index contributed by atoms with van der Waals surface area (Å²) in [6.07, 6.45) is 0. The van der Waals surface area contributed by atoms with Crippen LogP contribution in [0.1, 0.15) is 0 Å². The minimum absolute atomic E-state index is 0. The normalized spacial score (nSPS) is 7.20. The van der Waals surface area contributed by atoms with E-state index in [1.54, 1.807) is 0 Å². The summed E-state index contributed by atoms with van der Waals surface area (Å²) in [4.78, 5) is 0. The minimum Gasteiger partial charge on any atom is -1.00 e. The molecule has 0 atom stereocenters. The van der Waals surface area contributed by atoms with Crippen LogP contribution in [0.2, 0.25) is 0 Å². The van der Waals surface area contributed by atoms with Crippen molar-refractivity contribution in [1.29, 1.82) is 0 Å². The molecule has 0 aromatic rings. The molecule has 2 nitrogen and oxygen atoms in total. The number of halogens is 1. The molecule has 0 unspecified atom stereocenters. The summed E-state index contributed by atoms with van der Waals surface area (Å²) in [5, 5.41) is 9.61. The standard InChI is InChI=1S/C2H7NO.ClH/c1-3(2)4;/h3H,1-2H3;1H/p-1. The Morgan fingerprint density at radius 3 is 1.40 bits per heavy atom. The third-order valence-corrected chi connectivity index (χ3v) is 0. The van der Waals surface area contributed by atoms with Crippen LogP contribution >= 0.6 is 0 Å². The average Bonchev–Trinajstić information content (AvgIpc) is 0.811. The Hall–Kier alpha value is 0.210. The molecule has 0 amide bonds. The van der Waals surface area contributed by atoms with Crippen LogP contribution in [0.25, 0.3) is 0 Å². The van der Waals surface area contributed by atoms with E-state index in [0.29, 0.717) is 0 Å². The molecule has 34 valence electrons. The highest BCUT2D eigenvalue weighted by molar-refractivity contribution is 3.86. The van der Waals surface area contributed by atoms with Crippen molar-refractivity contribution >= 4 is 0 Å². The maximum atomic E-state index is 9.44. The van der Waals surface area contributed by atoms with Crippen molar-refractivity contribution in [3.05, 3.63) is 5.21 Å². The van der Waals surface area contributed by atoms with Gasteiger partial charge in [-0.15, -0.1) is 0 Å². The lowest BCUT2D eigenvalue weighted by Crippen LogP contribution is -3.00. The predicted molar refractivity (Wildman–Crippen MR) is 16.2 cm³/mol. The van der Waals surface area contributed by atoms with Gasteiger partial charge in [-0.3, -0.25) is 0 Å². The van der Waals surface area contributed by atoms with Gasteiger partial charge in [-0.25, -0.2) is 0 Å². The maximum Gasteiger partial charge on any atom is 0.0660 e. The monoisotopic (exact) mass is 96.0 g/mol. The van der Waals surface area contributed by atoms with Gasteiger partial charge in [0.2, 0.25) is 0 Å². The highest BCUT2D eigenvalue weighted by Gasteiger charge is 1.49. The van der Waals surface area contributed by atoms with Gasteiger partial charge in [0, 0.05) is 0 Å². The Morgan fingerprint density at radius 1 is 1.40 bits per heavy atom. The van der Waals surface area contributed by atoms with Crippen LogP contribution in [0.5, 0.6) is 0 Å². The van der Waals surface area contributed by atoms with Gasteiger partial charge in [0.05, 0.1) is 14.1 Å². The minimum atomic E-state index is 0. The summed E-state index contributed by atoms with van der Waals surface area (Å²) in [6, 6.07) is 0. The predicted octanol–water partition coefficient (Wildman–Crippen LogP) is -4.37. The number of nitrogens with one attached hydrogen (secondary N) is 1. The number of hydrogen-bond acceptors (Lipinski definition) is 1. The fraction of sp³-hybridized carbons (Fsp3) is 1.00. The van der Waals surface area contributed by atoms with Crippen molar-refractivity contribution in [1.82, 2.24) is 0 Å². The fourth-order valence-corrected chi connectivity index (χ4v) is 0. The number of quaternary nitrogens is 1. The maximum absolute atomic E-state index is 9.44. The zero-order valence-corrected chi connectivity index (χ0v) is 4.04. The molecule has 0 fully saturated rings. The van der Waals surface area contributed by atoms with Crippen LogP contribution < -0.4 is 17.5 Å². The molecular formula is C2H7ClNO-. The lowest BCUT2D eigenvalue weighted by atomic mass is 11.2. The van der Waals surface area contributed by atoms with Crippen LogP contribution in [0, 0.1) is 5.21 Å². The highest BCUT2D eigenvalue weighted by atomic mass is 35.5. The quantitative estimate of drug-likeness (QED) is 0.303. The van der Waals surface area contributed by atoms with Gasteiger partial charge in [-0.05, 0) is 0 Å². The Labute approximate surface area is 37.8 Å². The first-order valence-corrected chi connectivity index (χ1v) is 1.20. The molecule has 0 aromatic heterocycles. The molecule has 3 heteroatoms. The van der Waals surface area contributed by atoms with Gasteiger partial charge in [0.1, 0.15) is 0 Å². The molecule has 0 radical (unpaired) electrons. The van der Waals surface area contributed by atoms with Gasteiger partial charge >= 0.3 is 0 Å². The molecule has 0 spiro atoms. The van der Waals surface area contributed by atoms with E-state index >= 15 is 0 Å². The van der Waals surface area contributed by atoms with Gasteiger partial charge in [0.15, 0.2) is 0 Å². The number of rotatable bonds is 0. The first-order valence-electron chi connectivity index (χ1n) is 1.20. The van der Waals surface area contributed by atoms with Crippen LogP contribution in [-0.2, 0) is 0 Å². The van der Waals surface area contributed by atoms with Crippen LogP contribution in [0.3, 0.4) is 0 Å². The van der Waals surface area contributed by atoms with E-state index < -0.39 is 0 Å². The summed E-state index contributed by atoms with van der Waals surface area (Å²) in [5.41, 5.74) is 0. The molecule has 0 saturated carbocycles. The molecule has 0 rings (SSSR count). The summed E-state index contributed by atoms with van der Waals surface area (Å²) < 4.78 is 0. The van der Waals surface area contributed by atoms with E-state index in [1.807, 2.05) is 0 Å².